The molecule has 0 fully saturated rings. The third-order valence-electron chi connectivity index (χ3n) is 2.11. The van der Waals surface area contributed by atoms with Gasteiger partial charge in [0.25, 0.3) is 0 Å². The van der Waals surface area contributed by atoms with Crippen LogP contribution in [-0.4, -0.2) is 31.6 Å². The van der Waals surface area contributed by atoms with Gasteiger partial charge < -0.3 is 14.6 Å². The van der Waals surface area contributed by atoms with E-state index in [4.69, 9.17) is 4.74 Å². The summed E-state index contributed by atoms with van der Waals surface area (Å²) in [6.45, 7) is 0. The number of rotatable bonds is 4. The summed E-state index contributed by atoms with van der Waals surface area (Å²) in [5, 5.41) is 9.54. The molecule has 0 aliphatic rings. The van der Waals surface area contributed by atoms with Gasteiger partial charge in [-0.05, 0) is 23.8 Å². The molecule has 0 atom stereocenters. The van der Waals surface area contributed by atoms with Crippen molar-refractivity contribution >= 4 is 18.3 Å². The van der Waals surface area contributed by atoms with Crippen LogP contribution in [0.25, 0.3) is 6.08 Å². The minimum Gasteiger partial charge on any atom is -0.504 e. The predicted octanol–water partition coefficient (Wildman–Crippen LogP) is 1.40. The van der Waals surface area contributed by atoms with Crippen molar-refractivity contribution in [2.75, 3.05) is 14.2 Å². The lowest BCUT2D eigenvalue weighted by molar-refractivity contribution is -0.134. The molecule has 0 aromatic heterocycles. The first-order valence-corrected chi connectivity index (χ1v) is 4.74. The third-order valence-corrected chi connectivity index (χ3v) is 2.11. The Morgan fingerprint density at radius 2 is 2.00 bits per heavy atom. The van der Waals surface area contributed by atoms with Crippen LogP contribution in [0, 0.1) is 0 Å². The van der Waals surface area contributed by atoms with E-state index in [1.165, 1.54) is 32.4 Å². The van der Waals surface area contributed by atoms with Crippen LogP contribution in [0.4, 0.5) is 0 Å². The SMILES string of the molecule is COC(=O)C=Cc1cc(O)c(OC)cc1C=O. The maximum atomic E-state index is 10.9. The van der Waals surface area contributed by atoms with Gasteiger partial charge in [-0.15, -0.1) is 0 Å². The molecule has 0 bridgehead atoms. The van der Waals surface area contributed by atoms with Gasteiger partial charge in [-0.25, -0.2) is 4.79 Å². The molecule has 1 aromatic rings. The van der Waals surface area contributed by atoms with Gasteiger partial charge in [0, 0.05) is 11.6 Å². The van der Waals surface area contributed by atoms with E-state index in [-0.39, 0.29) is 11.5 Å². The molecule has 0 amide bonds. The summed E-state index contributed by atoms with van der Waals surface area (Å²) in [6, 6.07) is 2.72. The molecule has 17 heavy (non-hydrogen) atoms. The third kappa shape index (κ3) is 3.07. The topological polar surface area (TPSA) is 72.8 Å². The lowest BCUT2D eigenvalue weighted by atomic mass is 10.1. The summed E-state index contributed by atoms with van der Waals surface area (Å²) >= 11 is 0. The fourth-order valence-electron chi connectivity index (χ4n) is 1.24. The number of carbonyl (C=O) groups excluding carboxylic acids is 2. The fourth-order valence-corrected chi connectivity index (χ4v) is 1.24. The number of hydrogen-bond acceptors (Lipinski definition) is 5. The average molecular weight is 236 g/mol. The van der Waals surface area contributed by atoms with Crippen LogP contribution in [0.2, 0.25) is 0 Å². The Hall–Kier alpha value is -2.30. The van der Waals surface area contributed by atoms with Gasteiger partial charge in [0.05, 0.1) is 14.2 Å². The molecule has 0 saturated heterocycles. The Bertz CT molecular complexity index is 462. The van der Waals surface area contributed by atoms with Crippen molar-refractivity contribution < 1.29 is 24.2 Å². The molecule has 5 heteroatoms. The first-order chi connectivity index (χ1) is 8.12. The molecule has 5 nitrogen and oxygen atoms in total. The Morgan fingerprint density at radius 3 is 2.53 bits per heavy atom. The molecule has 0 aliphatic heterocycles. The van der Waals surface area contributed by atoms with Crippen molar-refractivity contribution in [3.05, 3.63) is 29.3 Å². The summed E-state index contributed by atoms with van der Waals surface area (Å²) in [7, 11) is 2.63. The quantitative estimate of drug-likeness (QED) is 0.486. The Labute approximate surface area is 98.3 Å². The van der Waals surface area contributed by atoms with Gasteiger partial charge in [-0.2, -0.15) is 0 Å². The molecule has 90 valence electrons. The first-order valence-electron chi connectivity index (χ1n) is 4.74. The largest absolute Gasteiger partial charge is 0.504 e. The molecule has 1 rings (SSSR count). The maximum absolute atomic E-state index is 10.9. The molecule has 0 unspecified atom stereocenters. The highest BCUT2D eigenvalue weighted by atomic mass is 16.5. The smallest absolute Gasteiger partial charge is 0.330 e. The van der Waals surface area contributed by atoms with E-state index in [1.54, 1.807) is 0 Å². The number of aldehydes is 1. The zero-order valence-electron chi connectivity index (χ0n) is 9.47. The fraction of sp³-hybridized carbons (Fsp3) is 0.167. The van der Waals surface area contributed by atoms with E-state index in [1.807, 2.05) is 0 Å². The predicted molar refractivity (Wildman–Crippen MR) is 61.1 cm³/mol. The lowest BCUT2D eigenvalue weighted by Gasteiger charge is -2.06. The second-order valence-electron chi connectivity index (χ2n) is 3.13. The van der Waals surface area contributed by atoms with Crippen LogP contribution in [-0.2, 0) is 9.53 Å². The highest BCUT2D eigenvalue weighted by molar-refractivity contribution is 5.90. The first kappa shape index (κ1) is 12.8. The van der Waals surface area contributed by atoms with Crippen molar-refractivity contribution in [3.63, 3.8) is 0 Å². The van der Waals surface area contributed by atoms with E-state index < -0.39 is 5.97 Å². The second-order valence-corrected chi connectivity index (χ2v) is 3.13. The van der Waals surface area contributed by atoms with Crippen LogP contribution in [0.5, 0.6) is 11.5 Å². The van der Waals surface area contributed by atoms with Crippen molar-refractivity contribution in [3.8, 4) is 11.5 Å². The van der Waals surface area contributed by atoms with Crippen LogP contribution >= 0.6 is 0 Å². The maximum Gasteiger partial charge on any atom is 0.330 e. The standard InChI is InChI=1S/C12H12O5/c1-16-11-6-9(7-13)8(5-10(11)14)3-4-12(15)17-2/h3-7,14H,1-2H3. The summed E-state index contributed by atoms with van der Waals surface area (Å²) in [5.74, 6) is -0.456. The minimum atomic E-state index is -0.544. The number of carbonyl (C=O) groups is 2. The monoisotopic (exact) mass is 236 g/mol. The van der Waals surface area contributed by atoms with Gasteiger partial charge in [-0.3, -0.25) is 4.79 Å². The summed E-state index contributed by atoms with van der Waals surface area (Å²) < 4.78 is 9.28. The lowest BCUT2D eigenvalue weighted by Crippen LogP contribution is -1.95. The van der Waals surface area contributed by atoms with E-state index in [9.17, 15) is 14.7 Å². The number of phenolic OH excluding ortho intramolecular Hbond substituents is 1. The molecule has 0 aliphatic carbocycles. The van der Waals surface area contributed by atoms with Crippen molar-refractivity contribution in [1.82, 2.24) is 0 Å². The molecule has 1 aromatic carbocycles. The number of ether oxygens (including phenoxy) is 2. The van der Waals surface area contributed by atoms with Gasteiger partial charge in [0.1, 0.15) is 0 Å². The Kier molecular flexibility index (Phi) is 4.28. The number of hydrogen-bond donors (Lipinski definition) is 1. The zero-order valence-corrected chi connectivity index (χ0v) is 9.47. The molecular weight excluding hydrogens is 224 g/mol. The van der Waals surface area contributed by atoms with Crippen LogP contribution in [0.1, 0.15) is 15.9 Å². The molecule has 1 N–H and O–H groups in total. The number of esters is 1. The van der Waals surface area contributed by atoms with E-state index in [2.05, 4.69) is 4.74 Å². The van der Waals surface area contributed by atoms with Gasteiger partial charge in [0.2, 0.25) is 0 Å². The number of benzene rings is 1. The normalized spacial score (nSPS) is 10.2. The van der Waals surface area contributed by atoms with E-state index >= 15 is 0 Å². The van der Waals surface area contributed by atoms with E-state index in [0.29, 0.717) is 17.4 Å². The van der Waals surface area contributed by atoms with Crippen molar-refractivity contribution in [2.45, 2.75) is 0 Å². The highest BCUT2D eigenvalue weighted by Gasteiger charge is 2.07. The number of phenols is 1. The number of aromatic hydroxyl groups is 1. The van der Waals surface area contributed by atoms with Crippen LogP contribution < -0.4 is 4.74 Å². The van der Waals surface area contributed by atoms with Gasteiger partial charge in [0.15, 0.2) is 17.8 Å². The molecule has 0 spiro atoms. The van der Waals surface area contributed by atoms with Crippen molar-refractivity contribution in [2.24, 2.45) is 0 Å². The molecule has 0 saturated carbocycles. The Morgan fingerprint density at radius 1 is 1.29 bits per heavy atom. The highest BCUT2D eigenvalue weighted by Crippen LogP contribution is 2.29. The number of methoxy groups -OCH3 is 2. The van der Waals surface area contributed by atoms with Gasteiger partial charge in [-0.1, -0.05) is 0 Å². The zero-order chi connectivity index (χ0) is 12.8. The molecule has 0 heterocycles. The second kappa shape index (κ2) is 5.69. The molecular formula is C12H12O5. The summed E-state index contributed by atoms with van der Waals surface area (Å²) in [5.41, 5.74) is 0.712. The average Bonchev–Trinajstić information content (AvgIpc) is 2.35. The van der Waals surface area contributed by atoms with Crippen molar-refractivity contribution in [1.29, 1.82) is 0 Å². The van der Waals surface area contributed by atoms with E-state index in [0.717, 1.165) is 6.08 Å². The van der Waals surface area contributed by atoms with Crippen LogP contribution in [0.3, 0.4) is 0 Å². The molecule has 0 radical (unpaired) electrons. The Balaban J connectivity index is 3.15. The minimum absolute atomic E-state index is 0.109. The summed E-state index contributed by atoms with van der Waals surface area (Å²) in [4.78, 5) is 21.7. The summed E-state index contributed by atoms with van der Waals surface area (Å²) in [6.07, 6.45) is 3.15. The van der Waals surface area contributed by atoms with Crippen LogP contribution in [0.15, 0.2) is 18.2 Å². The van der Waals surface area contributed by atoms with Gasteiger partial charge >= 0.3 is 5.97 Å².